The van der Waals surface area contributed by atoms with E-state index in [1.165, 1.54) is 0 Å². The van der Waals surface area contributed by atoms with E-state index in [0.29, 0.717) is 0 Å². The molecule has 1 aliphatic heterocycles. The van der Waals surface area contributed by atoms with Gasteiger partial charge in [0, 0.05) is 5.71 Å². The lowest BCUT2D eigenvalue weighted by Gasteiger charge is -2.04. The molecule has 1 atom stereocenters. The lowest BCUT2D eigenvalue weighted by atomic mass is 10.1. The average molecular weight is 123 g/mol. The van der Waals surface area contributed by atoms with Crippen molar-refractivity contribution in [2.45, 2.75) is 13.8 Å². The van der Waals surface area contributed by atoms with E-state index in [4.69, 9.17) is 0 Å². The molecule has 1 amide bonds. The second-order valence-electron chi connectivity index (χ2n) is 2.24. The molecule has 2 nitrogen and oxygen atoms in total. The maximum Gasteiger partial charge on any atom is 0.252 e. The Morgan fingerprint density at radius 3 is 2.78 bits per heavy atom. The normalized spacial score (nSPS) is 26.2. The van der Waals surface area contributed by atoms with E-state index >= 15 is 0 Å². The molecule has 0 saturated heterocycles. The largest absolute Gasteiger partial charge is 0.272 e. The number of hydrogen-bond donors (Lipinski definition) is 0. The topological polar surface area (TPSA) is 29.4 Å². The maximum atomic E-state index is 10.8. The zero-order valence-corrected chi connectivity index (χ0v) is 5.59. The molecular weight excluding hydrogens is 114 g/mol. The Kier molecular flexibility index (Phi) is 1.47. The SMILES string of the molecule is CC1=NC(=O)C(C)C=C1. The van der Waals surface area contributed by atoms with Crippen molar-refractivity contribution < 1.29 is 4.79 Å². The third-order valence-corrected chi connectivity index (χ3v) is 1.30. The highest BCUT2D eigenvalue weighted by atomic mass is 16.1. The molecule has 0 aromatic rings. The van der Waals surface area contributed by atoms with Gasteiger partial charge in [-0.15, -0.1) is 0 Å². The molecule has 0 fully saturated rings. The molecule has 0 aliphatic carbocycles. The Morgan fingerprint density at radius 2 is 2.33 bits per heavy atom. The number of carbonyl (C=O) groups excluding carboxylic acids is 1. The fraction of sp³-hybridized carbons (Fsp3) is 0.429. The number of rotatable bonds is 0. The van der Waals surface area contributed by atoms with Gasteiger partial charge in [0.25, 0.3) is 5.91 Å². The van der Waals surface area contributed by atoms with Crippen LogP contribution >= 0.6 is 0 Å². The summed E-state index contributed by atoms with van der Waals surface area (Å²) < 4.78 is 0. The molecule has 0 aromatic heterocycles. The predicted octanol–water partition coefficient (Wildman–Crippen LogP) is 1.18. The van der Waals surface area contributed by atoms with E-state index in [2.05, 4.69) is 4.99 Å². The first-order valence-electron chi connectivity index (χ1n) is 2.97. The van der Waals surface area contributed by atoms with Crippen molar-refractivity contribution in [2.75, 3.05) is 0 Å². The Hall–Kier alpha value is -0.920. The van der Waals surface area contributed by atoms with Crippen LogP contribution in [0.4, 0.5) is 0 Å². The van der Waals surface area contributed by atoms with Crippen molar-refractivity contribution in [1.29, 1.82) is 0 Å². The third-order valence-electron chi connectivity index (χ3n) is 1.30. The molecule has 1 heterocycles. The van der Waals surface area contributed by atoms with Crippen LogP contribution in [0.15, 0.2) is 17.1 Å². The summed E-state index contributed by atoms with van der Waals surface area (Å²) in [5.74, 6) is -0.0521. The highest BCUT2D eigenvalue weighted by Gasteiger charge is 2.10. The van der Waals surface area contributed by atoms with Crippen LogP contribution in [0.5, 0.6) is 0 Å². The molecular formula is C7H9NO. The quantitative estimate of drug-likeness (QED) is 0.475. The second-order valence-corrected chi connectivity index (χ2v) is 2.24. The van der Waals surface area contributed by atoms with Crippen molar-refractivity contribution >= 4 is 11.6 Å². The summed E-state index contributed by atoms with van der Waals surface area (Å²) in [5, 5.41) is 0. The molecule has 0 aromatic carbocycles. The Labute approximate surface area is 54.3 Å². The summed E-state index contributed by atoms with van der Waals surface area (Å²) in [6.45, 7) is 3.66. The summed E-state index contributed by atoms with van der Waals surface area (Å²) in [5.41, 5.74) is 0.804. The smallest absolute Gasteiger partial charge is 0.252 e. The van der Waals surface area contributed by atoms with Crippen LogP contribution in [0.1, 0.15) is 13.8 Å². The van der Waals surface area contributed by atoms with Crippen molar-refractivity contribution in [2.24, 2.45) is 10.9 Å². The van der Waals surface area contributed by atoms with Crippen LogP contribution < -0.4 is 0 Å². The van der Waals surface area contributed by atoms with Crippen LogP contribution in [-0.2, 0) is 4.79 Å². The monoisotopic (exact) mass is 123 g/mol. The Morgan fingerprint density at radius 1 is 1.67 bits per heavy atom. The average Bonchev–Trinajstić information content (AvgIpc) is 1.80. The van der Waals surface area contributed by atoms with Crippen LogP contribution in [-0.4, -0.2) is 11.6 Å². The molecule has 0 saturated carbocycles. The predicted molar refractivity (Wildman–Crippen MR) is 36.4 cm³/mol. The first-order chi connectivity index (χ1) is 4.20. The van der Waals surface area contributed by atoms with Gasteiger partial charge in [-0.1, -0.05) is 6.08 Å². The molecule has 0 bridgehead atoms. The highest BCUT2D eigenvalue weighted by molar-refractivity contribution is 6.04. The third kappa shape index (κ3) is 1.25. The number of hydrogen-bond acceptors (Lipinski definition) is 1. The summed E-state index contributed by atoms with van der Waals surface area (Å²) in [7, 11) is 0. The number of amides is 1. The fourth-order valence-corrected chi connectivity index (χ4v) is 0.679. The van der Waals surface area contributed by atoms with Crippen molar-refractivity contribution in [3.8, 4) is 0 Å². The molecule has 0 radical (unpaired) electrons. The van der Waals surface area contributed by atoms with E-state index in [1.54, 1.807) is 0 Å². The Balaban J connectivity index is 2.82. The summed E-state index contributed by atoms with van der Waals surface area (Å²) in [6, 6.07) is 0. The standard InChI is InChI=1S/C7H9NO/c1-5-3-4-6(2)8-7(5)9/h3-5H,1-2H3. The minimum absolute atomic E-state index is 0.0197. The van der Waals surface area contributed by atoms with Gasteiger partial charge in [0.05, 0.1) is 5.92 Å². The minimum atomic E-state index is -0.0324. The van der Waals surface area contributed by atoms with Crippen molar-refractivity contribution in [1.82, 2.24) is 0 Å². The van der Waals surface area contributed by atoms with E-state index in [9.17, 15) is 4.79 Å². The first-order valence-corrected chi connectivity index (χ1v) is 2.97. The lowest BCUT2D eigenvalue weighted by molar-refractivity contribution is -0.119. The molecule has 1 rings (SSSR count). The van der Waals surface area contributed by atoms with Gasteiger partial charge in [0.2, 0.25) is 0 Å². The number of allylic oxidation sites excluding steroid dienone is 1. The van der Waals surface area contributed by atoms with Crippen molar-refractivity contribution in [3.05, 3.63) is 12.2 Å². The molecule has 48 valence electrons. The zero-order valence-electron chi connectivity index (χ0n) is 5.59. The highest BCUT2D eigenvalue weighted by Crippen LogP contribution is 2.05. The number of dihydropyridines is 1. The van der Waals surface area contributed by atoms with E-state index in [0.717, 1.165) is 5.71 Å². The molecule has 1 unspecified atom stereocenters. The Bertz CT molecular complexity index is 191. The fourth-order valence-electron chi connectivity index (χ4n) is 0.679. The lowest BCUT2D eigenvalue weighted by Crippen LogP contribution is -2.11. The summed E-state index contributed by atoms with van der Waals surface area (Å²) in [6.07, 6.45) is 3.73. The second kappa shape index (κ2) is 2.13. The van der Waals surface area contributed by atoms with Gasteiger partial charge in [-0.3, -0.25) is 4.79 Å². The van der Waals surface area contributed by atoms with Gasteiger partial charge in [-0.25, -0.2) is 4.99 Å². The molecule has 0 N–H and O–H groups in total. The molecule has 9 heavy (non-hydrogen) atoms. The molecule has 1 aliphatic rings. The van der Waals surface area contributed by atoms with E-state index < -0.39 is 0 Å². The van der Waals surface area contributed by atoms with E-state index in [-0.39, 0.29) is 11.8 Å². The summed E-state index contributed by atoms with van der Waals surface area (Å²) in [4.78, 5) is 14.5. The van der Waals surface area contributed by atoms with Gasteiger partial charge in [-0.2, -0.15) is 0 Å². The van der Waals surface area contributed by atoms with Crippen LogP contribution in [0.3, 0.4) is 0 Å². The van der Waals surface area contributed by atoms with Gasteiger partial charge < -0.3 is 0 Å². The number of nitrogens with zero attached hydrogens (tertiary/aromatic N) is 1. The van der Waals surface area contributed by atoms with Gasteiger partial charge in [0.1, 0.15) is 0 Å². The van der Waals surface area contributed by atoms with Gasteiger partial charge in [-0.05, 0) is 19.9 Å². The van der Waals surface area contributed by atoms with Gasteiger partial charge in [0.15, 0.2) is 0 Å². The van der Waals surface area contributed by atoms with Gasteiger partial charge >= 0.3 is 0 Å². The molecule has 2 heteroatoms. The number of aliphatic imine (C=N–C) groups is 1. The van der Waals surface area contributed by atoms with Crippen molar-refractivity contribution in [3.63, 3.8) is 0 Å². The summed E-state index contributed by atoms with van der Waals surface area (Å²) >= 11 is 0. The number of carbonyl (C=O) groups is 1. The van der Waals surface area contributed by atoms with Crippen LogP contribution in [0.25, 0.3) is 0 Å². The van der Waals surface area contributed by atoms with E-state index in [1.807, 2.05) is 26.0 Å². The van der Waals surface area contributed by atoms with Crippen LogP contribution in [0.2, 0.25) is 0 Å². The minimum Gasteiger partial charge on any atom is -0.272 e. The molecule has 0 spiro atoms. The maximum absolute atomic E-state index is 10.8. The van der Waals surface area contributed by atoms with Crippen LogP contribution in [0, 0.1) is 5.92 Å². The zero-order chi connectivity index (χ0) is 6.85. The first kappa shape index (κ1) is 6.20.